The minimum absolute atomic E-state index is 0.0213. The third-order valence-electron chi connectivity index (χ3n) is 6.56. The lowest BCUT2D eigenvalue weighted by Gasteiger charge is -2.37. The molecule has 0 aromatic carbocycles. The Balaban J connectivity index is 1.29. The number of piperidine rings is 2. The second-order valence-electron chi connectivity index (χ2n) is 8.49. The Morgan fingerprint density at radius 3 is 2.37 bits per heavy atom. The molecule has 10 nitrogen and oxygen atoms in total. The molecule has 3 saturated heterocycles. The highest BCUT2D eigenvalue weighted by Gasteiger charge is 2.39. The van der Waals surface area contributed by atoms with E-state index in [0.29, 0.717) is 51.3 Å². The fraction of sp³-hybridized carbons (Fsp3) is 0.650. The quantitative estimate of drug-likeness (QED) is 0.697. The van der Waals surface area contributed by atoms with Gasteiger partial charge < -0.3 is 20.4 Å². The number of aromatic nitrogens is 2. The van der Waals surface area contributed by atoms with Gasteiger partial charge in [0.2, 0.25) is 23.6 Å². The van der Waals surface area contributed by atoms with E-state index >= 15 is 0 Å². The molecule has 3 fully saturated rings. The molecule has 0 aliphatic carbocycles. The molecule has 30 heavy (non-hydrogen) atoms. The Morgan fingerprint density at radius 2 is 1.70 bits per heavy atom. The summed E-state index contributed by atoms with van der Waals surface area (Å²) in [6.45, 7) is 2.45. The van der Waals surface area contributed by atoms with Crippen LogP contribution in [0.3, 0.4) is 0 Å². The SMILES string of the molecule is NC(=O)C1CCCN(C(=O)C2CCN(C(=O)C3CC(=O)N(c4cn[nH]c4)C3)CC2)C1. The highest BCUT2D eigenvalue weighted by Crippen LogP contribution is 2.28. The second kappa shape index (κ2) is 8.45. The predicted octanol–water partition coefficient (Wildman–Crippen LogP) is -0.275. The molecule has 4 heterocycles. The van der Waals surface area contributed by atoms with Gasteiger partial charge in [0.25, 0.3) is 0 Å². The number of carbonyl (C=O) groups is 4. The molecule has 1 aromatic heterocycles. The maximum atomic E-state index is 12.9. The van der Waals surface area contributed by atoms with Crippen molar-refractivity contribution >= 4 is 29.3 Å². The number of nitrogens with one attached hydrogen (secondary N) is 1. The highest BCUT2D eigenvalue weighted by molar-refractivity contribution is 6.00. The molecule has 162 valence electrons. The van der Waals surface area contributed by atoms with Gasteiger partial charge in [-0.15, -0.1) is 0 Å². The zero-order valence-corrected chi connectivity index (χ0v) is 17.0. The van der Waals surface area contributed by atoms with E-state index < -0.39 is 0 Å². The van der Waals surface area contributed by atoms with Crippen LogP contribution in [0.4, 0.5) is 5.69 Å². The van der Waals surface area contributed by atoms with Crippen molar-refractivity contribution in [3.8, 4) is 0 Å². The van der Waals surface area contributed by atoms with Crippen LogP contribution in [0, 0.1) is 17.8 Å². The number of nitrogens with zero attached hydrogens (tertiary/aromatic N) is 4. The molecule has 4 amide bonds. The minimum atomic E-state index is -0.363. The highest BCUT2D eigenvalue weighted by atomic mass is 16.2. The number of hydrogen-bond donors (Lipinski definition) is 2. The number of primary amides is 1. The Kier molecular flexibility index (Phi) is 5.74. The zero-order chi connectivity index (χ0) is 21.3. The standard InChI is InChI=1S/C20H28N6O4/c21-18(28)14-2-1-5-25(11-14)19(29)13-3-6-24(7-4-13)20(30)15-8-17(27)26(12-15)16-9-22-23-10-16/h9-10,13-15H,1-8,11-12H2,(H2,21,28)(H,22,23). The Hall–Kier alpha value is -2.91. The topological polar surface area (TPSA) is 133 Å². The van der Waals surface area contributed by atoms with E-state index in [0.717, 1.165) is 12.8 Å². The lowest BCUT2D eigenvalue weighted by atomic mass is 9.91. The first-order chi connectivity index (χ1) is 14.4. The molecular formula is C20H28N6O4. The summed E-state index contributed by atoms with van der Waals surface area (Å²) in [5, 5.41) is 6.55. The van der Waals surface area contributed by atoms with Gasteiger partial charge in [0.15, 0.2) is 0 Å². The number of carbonyl (C=O) groups excluding carboxylic acids is 4. The van der Waals surface area contributed by atoms with Crippen molar-refractivity contribution in [3.63, 3.8) is 0 Å². The average molecular weight is 416 g/mol. The van der Waals surface area contributed by atoms with E-state index in [1.54, 1.807) is 27.1 Å². The molecule has 0 radical (unpaired) electrons. The molecule has 2 atom stereocenters. The number of amides is 4. The zero-order valence-electron chi connectivity index (χ0n) is 17.0. The van der Waals surface area contributed by atoms with Gasteiger partial charge in [-0.05, 0) is 25.7 Å². The first-order valence-corrected chi connectivity index (χ1v) is 10.6. The number of H-pyrrole nitrogens is 1. The summed E-state index contributed by atoms with van der Waals surface area (Å²) in [7, 11) is 0. The van der Waals surface area contributed by atoms with Crippen LogP contribution in [0.25, 0.3) is 0 Å². The van der Waals surface area contributed by atoms with Crippen molar-refractivity contribution in [2.75, 3.05) is 37.6 Å². The molecule has 3 N–H and O–H groups in total. The molecular weight excluding hydrogens is 388 g/mol. The Bertz CT molecular complexity index is 817. The fourth-order valence-electron chi connectivity index (χ4n) is 4.79. The van der Waals surface area contributed by atoms with Crippen LogP contribution in [-0.2, 0) is 19.2 Å². The second-order valence-corrected chi connectivity index (χ2v) is 8.49. The number of rotatable bonds is 4. The summed E-state index contributed by atoms with van der Waals surface area (Å²) < 4.78 is 0. The van der Waals surface area contributed by atoms with Crippen molar-refractivity contribution in [2.45, 2.75) is 32.1 Å². The molecule has 1 aromatic rings. The molecule has 0 bridgehead atoms. The van der Waals surface area contributed by atoms with Gasteiger partial charge in [-0.25, -0.2) is 0 Å². The summed E-state index contributed by atoms with van der Waals surface area (Å²) >= 11 is 0. The molecule has 10 heteroatoms. The van der Waals surface area contributed by atoms with E-state index in [2.05, 4.69) is 10.2 Å². The van der Waals surface area contributed by atoms with E-state index in [1.165, 1.54) is 0 Å². The van der Waals surface area contributed by atoms with Crippen molar-refractivity contribution in [3.05, 3.63) is 12.4 Å². The van der Waals surface area contributed by atoms with Crippen LogP contribution >= 0.6 is 0 Å². The molecule has 0 spiro atoms. The van der Waals surface area contributed by atoms with Crippen LogP contribution in [0.2, 0.25) is 0 Å². The number of aromatic amines is 1. The molecule has 2 unspecified atom stereocenters. The fourth-order valence-corrected chi connectivity index (χ4v) is 4.79. The number of nitrogens with two attached hydrogens (primary N) is 1. The van der Waals surface area contributed by atoms with Gasteiger partial charge >= 0.3 is 0 Å². The van der Waals surface area contributed by atoms with Gasteiger partial charge in [-0.1, -0.05) is 0 Å². The first-order valence-electron chi connectivity index (χ1n) is 10.6. The maximum Gasteiger partial charge on any atom is 0.228 e. The van der Waals surface area contributed by atoms with Gasteiger partial charge in [-0.3, -0.25) is 24.3 Å². The third kappa shape index (κ3) is 4.03. The number of hydrogen-bond acceptors (Lipinski definition) is 5. The van der Waals surface area contributed by atoms with Crippen LogP contribution in [0.5, 0.6) is 0 Å². The number of likely N-dealkylation sites (tertiary alicyclic amines) is 2. The van der Waals surface area contributed by atoms with Crippen molar-refractivity contribution in [2.24, 2.45) is 23.5 Å². The molecule has 3 aliphatic rings. The largest absolute Gasteiger partial charge is 0.369 e. The summed E-state index contributed by atoms with van der Waals surface area (Å²) in [4.78, 5) is 54.7. The van der Waals surface area contributed by atoms with E-state index in [-0.39, 0.29) is 47.8 Å². The molecule has 4 rings (SSSR count). The lowest BCUT2D eigenvalue weighted by Crippen LogP contribution is -2.49. The maximum absolute atomic E-state index is 12.9. The molecule has 0 saturated carbocycles. The van der Waals surface area contributed by atoms with Gasteiger partial charge in [0.05, 0.1) is 23.7 Å². The van der Waals surface area contributed by atoms with Crippen LogP contribution < -0.4 is 10.6 Å². The predicted molar refractivity (Wildman–Crippen MR) is 107 cm³/mol. The minimum Gasteiger partial charge on any atom is -0.369 e. The summed E-state index contributed by atoms with van der Waals surface area (Å²) in [6, 6.07) is 0. The Labute approximate surface area is 174 Å². The number of anilines is 1. The van der Waals surface area contributed by atoms with Crippen molar-refractivity contribution < 1.29 is 19.2 Å². The van der Waals surface area contributed by atoms with Gasteiger partial charge in [0.1, 0.15) is 0 Å². The van der Waals surface area contributed by atoms with Gasteiger partial charge in [-0.2, -0.15) is 5.10 Å². The van der Waals surface area contributed by atoms with Crippen LogP contribution in [0.15, 0.2) is 12.4 Å². The van der Waals surface area contributed by atoms with Crippen LogP contribution in [-0.4, -0.2) is 76.3 Å². The molecule has 3 aliphatic heterocycles. The van der Waals surface area contributed by atoms with Gasteiger partial charge in [0, 0.05) is 51.3 Å². The smallest absolute Gasteiger partial charge is 0.228 e. The van der Waals surface area contributed by atoms with Crippen molar-refractivity contribution in [1.82, 2.24) is 20.0 Å². The summed E-state index contributed by atoms with van der Waals surface area (Å²) in [5.41, 5.74) is 6.09. The van der Waals surface area contributed by atoms with Crippen LogP contribution in [0.1, 0.15) is 32.1 Å². The Morgan fingerprint density at radius 1 is 0.967 bits per heavy atom. The van der Waals surface area contributed by atoms with Crippen molar-refractivity contribution in [1.29, 1.82) is 0 Å². The van der Waals surface area contributed by atoms with E-state index in [1.807, 2.05) is 0 Å². The summed E-state index contributed by atoms with van der Waals surface area (Å²) in [6.07, 6.45) is 6.16. The monoisotopic (exact) mass is 416 g/mol. The normalized spacial score (nSPS) is 25.6. The first kappa shape index (κ1) is 20.4. The lowest BCUT2D eigenvalue weighted by molar-refractivity contribution is -0.144. The average Bonchev–Trinajstić information content (AvgIpc) is 3.42. The van der Waals surface area contributed by atoms with E-state index in [9.17, 15) is 19.2 Å². The van der Waals surface area contributed by atoms with E-state index in [4.69, 9.17) is 5.73 Å². The third-order valence-corrected chi connectivity index (χ3v) is 6.56. The summed E-state index contributed by atoms with van der Waals surface area (Å²) in [5.74, 6) is -1.13.